The van der Waals surface area contributed by atoms with E-state index in [4.69, 9.17) is 5.11 Å². The van der Waals surface area contributed by atoms with Gasteiger partial charge < -0.3 is 15.3 Å². The van der Waals surface area contributed by atoms with Gasteiger partial charge in [0.1, 0.15) is 12.6 Å². The Morgan fingerprint density at radius 1 is 1.20 bits per heavy atom. The minimum atomic E-state index is -1.15. The molecule has 0 bridgehead atoms. The van der Waals surface area contributed by atoms with E-state index < -0.39 is 29.4 Å². The van der Waals surface area contributed by atoms with E-state index in [1.165, 1.54) is 12.1 Å². The van der Waals surface area contributed by atoms with Crippen LogP contribution in [0.4, 0.5) is 5.69 Å². The van der Waals surface area contributed by atoms with Crippen LogP contribution in [0, 0.1) is 10.1 Å². The highest BCUT2D eigenvalue weighted by atomic mass is 16.6. The molecule has 2 aliphatic rings. The molecule has 30 heavy (non-hydrogen) atoms. The molecule has 0 spiro atoms. The molecule has 9 heteroatoms. The lowest BCUT2D eigenvalue weighted by molar-refractivity contribution is -0.384. The van der Waals surface area contributed by atoms with E-state index >= 15 is 0 Å². The van der Waals surface area contributed by atoms with E-state index in [0.29, 0.717) is 18.4 Å². The predicted molar refractivity (Wildman–Crippen MR) is 105 cm³/mol. The van der Waals surface area contributed by atoms with Gasteiger partial charge >= 0.3 is 5.97 Å². The van der Waals surface area contributed by atoms with Crippen molar-refractivity contribution in [1.82, 2.24) is 10.2 Å². The Kier molecular flexibility index (Phi) is 4.94. The molecular weight excluding hydrogens is 390 g/mol. The van der Waals surface area contributed by atoms with Crippen LogP contribution in [0.3, 0.4) is 0 Å². The number of carboxylic acid groups (broad SMARTS) is 1. The van der Waals surface area contributed by atoms with Gasteiger partial charge in [-0.3, -0.25) is 24.5 Å². The highest BCUT2D eigenvalue weighted by Gasteiger charge is 2.44. The van der Waals surface area contributed by atoms with Gasteiger partial charge in [0.15, 0.2) is 0 Å². The zero-order valence-corrected chi connectivity index (χ0v) is 15.9. The van der Waals surface area contributed by atoms with E-state index in [-0.39, 0.29) is 24.1 Å². The summed E-state index contributed by atoms with van der Waals surface area (Å²) in [6.07, 6.45) is 1.17. The van der Waals surface area contributed by atoms with Gasteiger partial charge in [-0.05, 0) is 34.7 Å². The number of hydrogen-bond acceptors (Lipinski definition) is 5. The second-order valence-corrected chi connectivity index (χ2v) is 7.41. The first-order valence-electron chi connectivity index (χ1n) is 9.53. The number of rotatable bonds is 5. The summed E-state index contributed by atoms with van der Waals surface area (Å²) in [5.41, 5.74) is 3.33. The molecule has 2 aromatic carbocycles. The van der Waals surface area contributed by atoms with Crippen molar-refractivity contribution in [2.24, 2.45) is 0 Å². The molecule has 2 aliphatic heterocycles. The van der Waals surface area contributed by atoms with Crippen molar-refractivity contribution in [2.45, 2.75) is 31.3 Å². The molecule has 0 aliphatic carbocycles. The molecule has 2 atom stereocenters. The Morgan fingerprint density at radius 3 is 2.70 bits per heavy atom. The SMILES string of the molecule is O=C(O)CNC(=O)[C@@H]1Cc2ccc(-c3cccc([N+](=O)[O-])c3)cc2[C@H]2CCC(=O)N21. The monoisotopic (exact) mass is 409 g/mol. The smallest absolute Gasteiger partial charge is 0.322 e. The number of non-ortho nitro benzene ring substituents is 1. The molecule has 4 rings (SSSR count). The van der Waals surface area contributed by atoms with Crippen molar-refractivity contribution < 1.29 is 24.4 Å². The van der Waals surface area contributed by atoms with E-state index in [2.05, 4.69) is 5.32 Å². The lowest BCUT2D eigenvalue weighted by atomic mass is 9.86. The molecule has 0 unspecified atom stereocenters. The summed E-state index contributed by atoms with van der Waals surface area (Å²) in [6, 6.07) is 11.0. The van der Waals surface area contributed by atoms with Gasteiger partial charge in [-0.1, -0.05) is 24.3 Å². The van der Waals surface area contributed by atoms with Crippen LogP contribution in [0.5, 0.6) is 0 Å². The molecule has 2 amide bonds. The van der Waals surface area contributed by atoms with Crippen LogP contribution in [0.1, 0.15) is 30.0 Å². The number of carbonyl (C=O) groups is 3. The Balaban J connectivity index is 1.69. The van der Waals surface area contributed by atoms with Gasteiger partial charge in [0.2, 0.25) is 11.8 Å². The van der Waals surface area contributed by atoms with Crippen molar-refractivity contribution in [3.8, 4) is 11.1 Å². The number of aliphatic carboxylic acids is 1. The third-order valence-electron chi connectivity index (χ3n) is 5.62. The van der Waals surface area contributed by atoms with Crippen LogP contribution in [0.15, 0.2) is 42.5 Å². The molecule has 0 radical (unpaired) electrons. The highest BCUT2D eigenvalue weighted by molar-refractivity contribution is 5.91. The van der Waals surface area contributed by atoms with Gasteiger partial charge in [-0.25, -0.2) is 0 Å². The maximum absolute atomic E-state index is 12.6. The zero-order valence-electron chi connectivity index (χ0n) is 15.9. The molecule has 0 saturated carbocycles. The number of amides is 2. The van der Waals surface area contributed by atoms with Gasteiger partial charge in [0, 0.05) is 25.0 Å². The summed E-state index contributed by atoms with van der Waals surface area (Å²) >= 11 is 0. The first-order chi connectivity index (χ1) is 14.3. The third kappa shape index (κ3) is 3.49. The summed E-state index contributed by atoms with van der Waals surface area (Å²) < 4.78 is 0. The molecular formula is C21H19N3O6. The first kappa shape index (κ1) is 19.6. The van der Waals surface area contributed by atoms with Crippen LogP contribution >= 0.6 is 0 Å². The minimum absolute atomic E-state index is 0.00180. The van der Waals surface area contributed by atoms with Gasteiger partial charge in [-0.2, -0.15) is 0 Å². The van der Waals surface area contributed by atoms with E-state index in [1.807, 2.05) is 18.2 Å². The van der Waals surface area contributed by atoms with Gasteiger partial charge in [-0.15, -0.1) is 0 Å². The molecule has 1 fully saturated rings. The van der Waals surface area contributed by atoms with E-state index in [0.717, 1.165) is 16.7 Å². The fourth-order valence-electron chi connectivity index (χ4n) is 4.27. The molecule has 2 heterocycles. The number of nitrogens with zero attached hydrogens (tertiary/aromatic N) is 2. The summed E-state index contributed by atoms with van der Waals surface area (Å²) in [4.78, 5) is 48.0. The Labute approximate surface area is 171 Å². The summed E-state index contributed by atoms with van der Waals surface area (Å²) in [5, 5.41) is 22.3. The van der Waals surface area contributed by atoms with E-state index in [1.54, 1.807) is 17.0 Å². The number of nitro benzene ring substituents is 1. The van der Waals surface area contributed by atoms with Crippen LogP contribution in [0.25, 0.3) is 11.1 Å². The molecule has 9 nitrogen and oxygen atoms in total. The van der Waals surface area contributed by atoms with E-state index in [9.17, 15) is 24.5 Å². The second-order valence-electron chi connectivity index (χ2n) is 7.41. The highest BCUT2D eigenvalue weighted by Crippen LogP contribution is 2.42. The number of hydrogen-bond donors (Lipinski definition) is 2. The van der Waals surface area contributed by atoms with Crippen molar-refractivity contribution >= 4 is 23.5 Å². The summed E-state index contributed by atoms with van der Waals surface area (Å²) in [7, 11) is 0. The summed E-state index contributed by atoms with van der Waals surface area (Å²) in [5.74, 6) is -1.77. The third-order valence-corrected chi connectivity index (χ3v) is 5.62. The van der Waals surface area contributed by atoms with Crippen LogP contribution in [-0.4, -0.2) is 45.3 Å². The zero-order chi connectivity index (χ0) is 21.4. The Hall–Kier alpha value is -3.75. The second kappa shape index (κ2) is 7.58. The number of nitrogens with one attached hydrogen (secondary N) is 1. The average Bonchev–Trinajstić information content (AvgIpc) is 3.13. The Bertz CT molecular complexity index is 1070. The summed E-state index contributed by atoms with van der Waals surface area (Å²) in [6.45, 7) is -0.499. The normalized spacial score (nSPS) is 19.7. The van der Waals surface area contributed by atoms with Crippen LogP contribution in [0.2, 0.25) is 0 Å². The lowest BCUT2D eigenvalue weighted by Crippen LogP contribution is -2.52. The number of carboxylic acids is 1. The van der Waals surface area contributed by atoms with Crippen molar-refractivity contribution in [2.75, 3.05) is 6.54 Å². The molecule has 1 saturated heterocycles. The number of nitro groups is 1. The standard InChI is InChI=1S/C21H19N3O6/c25-19-7-6-17-16-9-13(12-2-1-3-15(8-12)24(29)30)4-5-14(16)10-18(23(17)19)21(28)22-11-20(26)27/h1-5,8-9,17-18H,6-7,10-11H2,(H,22,28)(H,26,27)/t17-,18+/m1/s1. The lowest BCUT2D eigenvalue weighted by Gasteiger charge is -2.38. The van der Waals surface area contributed by atoms with Crippen molar-refractivity contribution in [3.05, 3.63) is 63.7 Å². The topological polar surface area (TPSA) is 130 Å². The fraction of sp³-hybridized carbons (Fsp3) is 0.286. The van der Waals surface area contributed by atoms with Gasteiger partial charge in [0.25, 0.3) is 5.69 Å². The number of fused-ring (bicyclic) bond motifs is 3. The van der Waals surface area contributed by atoms with Crippen molar-refractivity contribution in [3.63, 3.8) is 0 Å². The predicted octanol–water partition coefficient (Wildman–Crippen LogP) is 2.05. The minimum Gasteiger partial charge on any atom is -0.480 e. The average molecular weight is 409 g/mol. The van der Waals surface area contributed by atoms with Gasteiger partial charge in [0.05, 0.1) is 11.0 Å². The largest absolute Gasteiger partial charge is 0.480 e. The molecule has 154 valence electrons. The van der Waals surface area contributed by atoms with Crippen LogP contribution < -0.4 is 5.32 Å². The quantitative estimate of drug-likeness (QED) is 0.574. The molecule has 0 aromatic heterocycles. The Morgan fingerprint density at radius 2 is 1.97 bits per heavy atom. The number of benzene rings is 2. The number of carbonyl (C=O) groups excluding carboxylic acids is 2. The fourth-order valence-corrected chi connectivity index (χ4v) is 4.27. The maximum atomic E-state index is 12.6. The van der Waals surface area contributed by atoms with Crippen molar-refractivity contribution in [1.29, 1.82) is 0 Å². The van der Waals surface area contributed by atoms with Crippen LogP contribution in [-0.2, 0) is 20.8 Å². The first-order valence-corrected chi connectivity index (χ1v) is 9.53. The molecule has 2 N–H and O–H groups in total. The maximum Gasteiger partial charge on any atom is 0.322 e. The molecule has 2 aromatic rings.